The number of anilines is 1. The van der Waals surface area contributed by atoms with Gasteiger partial charge in [0.1, 0.15) is 5.82 Å². The second-order valence-corrected chi connectivity index (χ2v) is 6.90. The number of piperidine rings is 1. The van der Waals surface area contributed by atoms with Crippen LogP contribution in [0.15, 0.2) is 16.6 Å². The number of aryl methyl sites for hydroxylation is 1. The Kier molecular flexibility index (Phi) is 4.49. The lowest BCUT2D eigenvalue weighted by atomic mass is 9.77. The third-order valence-electron chi connectivity index (χ3n) is 3.92. The van der Waals surface area contributed by atoms with Crippen molar-refractivity contribution in [3.05, 3.63) is 28.0 Å². The zero-order chi connectivity index (χ0) is 14.9. The second kappa shape index (κ2) is 5.82. The molecule has 2 N–H and O–H groups in total. The predicted octanol–water partition coefficient (Wildman–Crippen LogP) is 3.61. The van der Waals surface area contributed by atoms with E-state index >= 15 is 0 Å². The molecule has 0 radical (unpaired) electrons. The lowest BCUT2D eigenvalue weighted by Gasteiger charge is -2.38. The highest BCUT2D eigenvalue weighted by molar-refractivity contribution is 9.10. The zero-order valence-electron chi connectivity index (χ0n) is 12.0. The smallest absolute Gasteiger partial charge is 0.242 e. The van der Waals surface area contributed by atoms with Crippen LogP contribution >= 0.6 is 15.9 Å². The highest BCUT2D eigenvalue weighted by Crippen LogP contribution is 2.31. The largest absolute Gasteiger partial charge is 0.324 e. The Labute approximate surface area is 127 Å². The van der Waals surface area contributed by atoms with Crippen molar-refractivity contribution in [2.75, 3.05) is 11.9 Å². The van der Waals surface area contributed by atoms with Crippen molar-refractivity contribution in [1.29, 1.82) is 0 Å². The Morgan fingerprint density at radius 3 is 2.85 bits per heavy atom. The van der Waals surface area contributed by atoms with Crippen molar-refractivity contribution in [1.82, 2.24) is 5.32 Å². The van der Waals surface area contributed by atoms with Crippen LogP contribution in [0.2, 0.25) is 0 Å². The van der Waals surface area contributed by atoms with Gasteiger partial charge in [0.25, 0.3) is 0 Å². The van der Waals surface area contributed by atoms with E-state index in [-0.39, 0.29) is 23.2 Å². The van der Waals surface area contributed by atoms with E-state index in [1.54, 1.807) is 13.0 Å². The predicted molar refractivity (Wildman–Crippen MR) is 82.3 cm³/mol. The minimum absolute atomic E-state index is 0.0590. The van der Waals surface area contributed by atoms with Gasteiger partial charge in [-0.2, -0.15) is 0 Å². The molecule has 1 aromatic carbocycles. The topological polar surface area (TPSA) is 41.1 Å². The van der Waals surface area contributed by atoms with Crippen LogP contribution in [0.1, 0.15) is 32.3 Å². The van der Waals surface area contributed by atoms with Gasteiger partial charge in [-0.3, -0.25) is 4.79 Å². The third-order valence-corrected chi connectivity index (χ3v) is 4.52. The van der Waals surface area contributed by atoms with Gasteiger partial charge in [0, 0.05) is 5.69 Å². The number of rotatable bonds is 2. The fourth-order valence-corrected chi connectivity index (χ4v) is 2.99. The van der Waals surface area contributed by atoms with E-state index in [9.17, 15) is 9.18 Å². The lowest BCUT2D eigenvalue weighted by Crippen LogP contribution is -2.53. The molecule has 0 bridgehead atoms. The highest BCUT2D eigenvalue weighted by atomic mass is 79.9. The molecule has 1 heterocycles. The summed E-state index contributed by atoms with van der Waals surface area (Å²) in [7, 11) is 0. The minimum atomic E-state index is -0.323. The second-order valence-electron chi connectivity index (χ2n) is 6.05. The molecule has 1 atom stereocenters. The van der Waals surface area contributed by atoms with Gasteiger partial charge in [-0.15, -0.1) is 0 Å². The number of amides is 1. The number of carbonyl (C=O) groups is 1. The Balaban J connectivity index is 2.17. The molecular formula is C15H20BrFN2O. The molecule has 0 spiro atoms. The summed E-state index contributed by atoms with van der Waals surface area (Å²) in [5, 5.41) is 6.18. The first-order chi connectivity index (χ1) is 9.31. The first kappa shape index (κ1) is 15.4. The van der Waals surface area contributed by atoms with Crippen molar-refractivity contribution >= 4 is 27.5 Å². The van der Waals surface area contributed by atoms with Gasteiger partial charge < -0.3 is 10.6 Å². The Morgan fingerprint density at radius 1 is 1.50 bits per heavy atom. The van der Waals surface area contributed by atoms with Crippen LogP contribution in [0, 0.1) is 18.2 Å². The summed E-state index contributed by atoms with van der Waals surface area (Å²) in [6.45, 7) is 6.83. The summed E-state index contributed by atoms with van der Waals surface area (Å²) >= 11 is 3.15. The average Bonchev–Trinajstić information content (AvgIpc) is 2.35. The number of carbonyl (C=O) groups excluding carboxylic acids is 1. The average molecular weight is 343 g/mol. The van der Waals surface area contributed by atoms with E-state index < -0.39 is 0 Å². The molecule has 1 aliphatic heterocycles. The fourth-order valence-electron chi connectivity index (χ4n) is 2.64. The summed E-state index contributed by atoms with van der Waals surface area (Å²) in [5.74, 6) is -0.382. The standard InChI is InChI=1S/C15H20BrFN2O/c1-9-7-11(17)10(16)8-12(9)19-14(20)13-15(2,3)5-4-6-18-13/h7-8,13,18H,4-6H2,1-3H3,(H,19,20). The molecule has 0 saturated carbocycles. The van der Waals surface area contributed by atoms with Crippen molar-refractivity contribution in [3.63, 3.8) is 0 Å². The van der Waals surface area contributed by atoms with E-state index in [4.69, 9.17) is 0 Å². The fraction of sp³-hybridized carbons (Fsp3) is 0.533. The molecule has 1 unspecified atom stereocenters. The molecule has 1 fully saturated rings. The van der Waals surface area contributed by atoms with Crippen LogP contribution in [-0.4, -0.2) is 18.5 Å². The molecule has 1 aliphatic rings. The van der Waals surface area contributed by atoms with Crippen molar-refractivity contribution in [2.24, 2.45) is 5.41 Å². The third kappa shape index (κ3) is 3.20. The van der Waals surface area contributed by atoms with Crippen LogP contribution in [-0.2, 0) is 4.79 Å². The summed E-state index contributed by atoms with van der Waals surface area (Å²) in [6.07, 6.45) is 2.10. The SMILES string of the molecule is Cc1cc(F)c(Br)cc1NC(=O)C1NCCCC1(C)C. The highest BCUT2D eigenvalue weighted by Gasteiger charge is 2.37. The molecular weight excluding hydrogens is 323 g/mol. The molecule has 1 saturated heterocycles. The summed E-state index contributed by atoms with van der Waals surface area (Å²) < 4.78 is 13.8. The van der Waals surface area contributed by atoms with Gasteiger partial charge in [-0.25, -0.2) is 4.39 Å². The van der Waals surface area contributed by atoms with E-state index in [0.717, 1.165) is 19.4 Å². The maximum Gasteiger partial charge on any atom is 0.242 e. The maximum atomic E-state index is 13.4. The van der Waals surface area contributed by atoms with Gasteiger partial charge >= 0.3 is 0 Å². The molecule has 110 valence electrons. The summed E-state index contributed by atoms with van der Waals surface area (Å²) in [6, 6.07) is 2.80. The zero-order valence-corrected chi connectivity index (χ0v) is 13.6. The minimum Gasteiger partial charge on any atom is -0.324 e. The van der Waals surface area contributed by atoms with Crippen LogP contribution in [0.25, 0.3) is 0 Å². The quantitative estimate of drug-likeness (QED) is 0.861. The van der Waals surface area contributed by atoms with Gasteiger partial charge in [-0.05, 0) is 65.4 Å². The molecule has 0 aromatic heterocycles. The maximum absolute atomic E-state index is 13.4. The first-order valence-corrected chi connectivity index (χ1v) is 7.60. The molecule has 1 amide bonds. The Hall–Kier alpha value is -0.940. The lowest BCUT2D eigenvalue weighted by molar-refractivity contribution is -0.121. The molecule has 0 aliphatic carbocycles. The van der Waals surface area contributed by atoms with Crippen molar-refractivity contribution in [3.8, 4) is 0 Å². The number of hydrogen-bond acceptors (Lipinski definition) is 2. The molecule has 2 rings (SSSR count). The van der Waals surface area contributed by atoms with Gasteiger partial charge in [0.05, 0.1) is 10.5 Å². The Bertz CT molecular complexity index is 531. The number of nitrogens with one attached hydrogen (secondary N) is 2. The number of benzene rings is 1. The van der Waals surface area contributed by atoms with E-state index in [2.05, 4.69) is 40.4 Å². The number of hydrogen-bond donors (Lipinski definition) is 2. The van der Waals surface area contributed by atoms with E-state index in [1.165, 1.54) is 6.07 Å². The summed E-state index contributed by atoms with van der Waals surface area (Å²) in [5.41, 5.74) is 1.28. The monoisotopic (exact) mass is 342 g/mol. The van der Waals surface area contributed by atoms with Gasteiger partial charge in [0.2, 0.25) is 5.91 Å². The van der Waals surface area contributed by atoms with E-state index in [0.29, 0.717) is 15.7 Å². The normalized spacial score (nSPS) is 21.6. The number of halogens is 2. The molecule has 1 aromatic rings. The van der Waals surface area contributed by atoms with Crippen LogP contribution in [0.5, 0.6) is 0 Å². The molecule has 5 heteroatoms. The first-order valence-electron chi connectivity index (χ1n) is 6.81. The van der Waals surface area contributed by atoms with Crippen LogP contribution in [0.3, 0.4) is 0 Å². The summed E-state index contributed by atoms with van der Waals surface area (Å²) in [4.78, 5) is 12.4. The molecule has 3 nitrogen and oxygen atoms in total. The van der Waals surface area contributed by atoms with Gasteiger partial charge in [-0.1, -0.05) is 13.8 Å². The van der Waals surface area contributed by atoms with E-state index in [1.807, 2.05) is 0 Å². The van der Waals surface area contributed by atoms with Crippen molar-refractivity contribution in [2.45, 2.75) is 39.7 Å². The Morgan fingerprint density at radius 2 is 2.20 bits per heavy atom. The van der Waals surface area contributed by atoms with Crippen molar-refractivity contribution < 1.29 is 9.18 Å². The van der Waals surface area contributed by atoms with Crippen LogP contribution < -0.4 is 10.6 Å². The van der Waals surface area contributed by atoms with Crippen LogP contribution in [0.4, 0.5) is 10.1 Å². The molecule has 20 heavy (non-hydrogen) atoms. The van der Waals surface area contributed by atoms with Gasteiger partial charge in [0.15, 0.2) is 0 Å².